The first-order valence-corrected chi connectivity index (χ1v) is 7.26. The molecular formula is C15H13BrClFO2. The Balaban J connectivity index is 2.10. The van der Waals surface area contributed by atoms with Gasteiger partial charge in [-0.3, -0.25) is 0 Å². The Kier molecular flexibility index (Phi) is 5.26. The molecule has 0 aliphatic heterocycles. The number of alkyl halides is 1. The summed E-state index contributed by atoms with van der Waals surface area (Å²) in [6.45, 7) is 0.270. The van der Waals surface area contributed by atoms with E-state index in [1.807, 2.05) is 18.2 Å². The van der Waals surface area contributed by atoms with Crippen LogP contribution < -0.4 is 9.47 Å². The molecule has 0 atom stereocenters. The maximum atomic E-state index is 13.6. The molecule has 0 saturated carbocycles. The second kappa shape index (κ2) is 6.95. The van der Waals surface area contributed by atoms with Gasteiger partial charge in [-0.15, -0.1) is 11.6 Å². The minimum Gasteiger partial charge on any atom is -0.494 e. The minimum absolute atomic E-state index is 0.221. The van der Waals surface area contributed by atoms with E-state index in [-0.39, 0.29) is 12.4 Å². The largest absolute Gasteiger partial charge is 0.494 e. The molecule has 0 amide bonds. The Morgan fingerprint density at radius 2 is 1.90 bits per heavy atom. The van der Waals surface area contributed by atoms with Crippen LogP contribution in [0.25, 0.3) is 0 Å². The van der Waals surface area contributed by atoms with Crippen molar-refractivity contribution in [3.05, 3.63) is 57.8 Å². The number of ether oxygens (including phenoxy) is 2. The zero-order valence-corrected chi connectivity index (χ0v) is 13.2. The van der Waals surface area contributed by atoms with Crippen LogP contribution in [0, 0.1) is 5.82 Å². The summed E-state index contributed by atoms with van der Waals surface area (Å²) in [6, 6.07) is 10.4. The molecule has 0 saturated heterocycles. The lowest BCUT2D eigenvalue weighted by Gasteiger charge is -2.11. The van der Waals surface area contributed by atoms with Crippen molar-refractivity contribution in [2.45, 2.75) is 12.5 Å². The number of rotatable bonds is 5. The molecular weight excluding hydrogens is 347 g/mol. The van der Waals surface area contributed by atoms with Gasteiger partial charge in [-0.05, 0) is 35.9 Å². The van der Waals surface area contributed by atoms with Crippen molar-refractivity contribution in [2.24, 2.45) is 0 Å². The average molecular weight is 360 g/mol. The van der Waals surface area contributed by atoms with Crippen molar-refractivity contribution >= 4 is 27.5 Å². The van der Waals surface area contributed by atoms with Crippen molar-refractivity contribution in [1.82, 2.24) is 0 Å². The smallest absolute Gasteiger partial charge is 0.165 e. The van der Waals surface area contributed by atoms with Crippen LogP contribution in [-0.2, 0) is 12.5 Å². The summed E-state index contributed by atoms with van der Waals surface area (Å²) in [5.41, 5.74) is 1.61. The maximum absolute atomic E-state index is 13.6. The first kappa shape index (κ1) is 15.1. The number of halogens is 3. The van der Waals surface area contributed by atoms with E-state index in [4.69, 9.17) is 21.1 Å². The Bertz CT molecular complexity index is 604. The predicted molar refractivity (Wildman–Crippen MR) is 81.0 cm³/mol. The van der Waals surface area contributed by atoms with Crippen molar-refractivity contribution in [3.63, 3.8) is 0 Å². The normalized spacial score (nSPS) is 10.4. The first-order chi connectivity index (χ1) is 9.63. The lowest BCUT2D eigenvalue weighted by molar-refractivity contribution is 0.302. The minimum atomic E-state index is -0.401. The van der Waals surface area contributed by atoms with Crippen molar-refractivity contribution in [2.75, 3.05) is 7.11 Å². The van der Waals surface area contributed by atoms with E-state index in [9.17, 15) is 4.39 Å². The topological polar surface area (TPSA) is 18.5 Å². The molecule has 0 aromatic heterocycles. The van der Waals surface area contributed by atoms with Gasteiger partial charge in [-0.2, -0.15) is 0 Å². The van der Waals surface area contributed by atoms with Gasteiger partial charge in [0.1, 0.15) is 12.4 Å². The summed E-state index contributed by atoms with van der Waals surface area (Å²) >= 11 is 9.25. The van der Waals surface area contributed by atoms with E-state index in [0.29, 0.717) is 11.6 Å². The lowest BCUT2D eigenvalue weighted by Crippen LogP contribution is -1.99. The molecule has 0 unspecified atom stereocenters. The second-order valence-corrected chi connectivity index (χ2v) is 5.33. The van der Waals surface area contributed by atoms with Crippen LogP contribution in [0.4, 0.5) is 4.39 Å². The van der Waals surface area contributed by atoms with Gasteiger partial charge < -0.3 is 9.47 Å². The van der Waals surface area contributed by atoms with Crippen LogP contribution in [0.2, 0.25) is 0 Å². The van der Waals surface area contributed by atoms with E-state index in [1.165, 1.54) is 13.2 Å². The van der Waals surface area contributed by atoms with Crippen LogP contribution >= 0.6 is 27.5 Å². The molecule has 0 N–H and O–H groups in total. The maximum Gasteiger partial charge on any atom is 0.165 e. The highest BCUT2D eigenvalue weighted by atomic mass is 79.9. The van der Waals surface area contributed by atoms with E-state index in [2.05, 4.69) is 15.9 Å². The molecule has 2 aromatic carbocycles. The second-order valence-electron chi connectivity index (χ2n) is 4.14. The molecule has 2 nitrogen and oxygen atoms in total. The fourth-order valence-electron chi connectivity index (χ4n) is 1.75. The van der Waals surface area contributed by atoms with Gasteiger partial charge in [0, 0.05) is 10.0 Å². The van der Waals surface area contributed by atoms with E-state index >= 15 is 0 Å². The summed E-state index contributed by atoms with van der Waals surface area (Å²) in [5.74, 6) is 0.867. The first-order valence-electron chi connectivity index (χ1n) is 5.93. The molecule has 0 heterocycles. The van der Waals surface area contributed by atoms with Crippen molar-refractivity contribution in [3.8, 4) is 11.5 Å². The van der Waals surface area contributed by atoms with Crippen LogP contribution in [0.5, 0.6) is 11.5 Å². The van der Waals surface area contributed by atoms with E-state index < -0.39 is 5.82 Å². The molecule has 0 bridgehead atoms. The Morgan fingerprint density at radius 1 is 1.15 bits per heavy atom. The van der Waals surface area contributed by atoms with Crippen molar-refractivity contribution in [1.29, 1.82) is 0 Å². The van der Waals surface area contributed by atoms with Gasteiger partial charge in [0.2, 0.25) is 0 Å². The zero-order valence-electron chi connectivity index (χ0n) is 10.8. The van der Waals surface area contributed by atoms with Gasteiger partial charge in [0.15, 0.2) is 11.6 Å². The van der Waals surface area contributed by atoms with Crippen LogP contribution in [0.15, 0.2) is 40.9 Å². The van der Waals surface area contributed by atoms with Crippen LogP contribution in [0.3, 0.4) is 0 Å². The summed E-state index contributed by atoms with van der Waals surface area (Å²) in [7, 11) is 1.43. The number of benzene rings is 2. The third kappa shape index (κ3) is 3.64. The molecule has 2 rings (SSSR count). The Labute approximate surface area is 130 Å². The van der Waals surface area contributed by atoms with Crippen molar-refractivity contribution < 1.29 is 13.9 Å². The molecule has 0 fully saturated rings. The standard InChI is InChI=1S/C15H13BrClFO2/c1-19-15-4-2-10(6-13(15)18)9-20-14-5-3-12(16)7-11(14)8-17/h2-7H,8-9H2,1H3. The highest BCUT2D eigenvalue weighted by Crippen LogP contribution is 2.26. The summed E-state index contributed by atoms with van der Waals surface area (Å²) in [6.07, 6.45) is 0. The molecule has 0 radical (unpaired) electrons. The zero-order chi connectivity index (χ0) is 14.5. The highest BCUT2D eigenvalue weighted by molar-refractivity contribution is 9.10. The average Bonchev–Trinajstić information content (AvgIpc) is 2.46. The van der Waals surface area contributed by atoms with Gasteiger partial charge in [-0.1, -0.05) is 22.0 Å². The third-order valence-corrected chi connectivity index (χ3v) is 3.56. The molecule has 0 aliphatic rings. The highest BCUT2D eigenvalue weighted by Gasteiger charge is 2.07. The summed E-state index contributed by atoms with van der Waals surface area (Å²) < 4.78 is 25.1. The van der Waals surface area contributed by atoms with E-state index in [0.717, 1.165) is 15.6 Å². The number of hydrogen-bond acceptors (Lipinski definition) is 2. The molecule has 5 heteroatoms. The third-order valence-electron chi connectivity index (χ3n) is 2.78. The lowest BCUT2D eigenvalue weighted by atomic mass is 10.2. The monoisotopic (exact) mass is 358 g/mol. The molecule has 2 aromatic rings. The fourth-order valence-corrected chi connectivity index (χ4v) is 2.37. The number of hydrogen-bond donors (Lipinski definition) is 0. The summed E-state index contributed by atoms with van der Waals surface area (Å²) in [4.78, 5) is 0. The van der Waals surface area contributed by atoms with E-state index in [1.54, 1.807) is 12.1 Å². The Hall–Kier alpha value is -1.26. The molecule has 0 aliphatic carbocycles. The predicted octanol–water partition coefficient (Wildman–Crippen LogP) is 4.91. The van der Waals surface area contributed by atoms with Gasteiger partial charge in [-0.25, -0.2) is 4.39 Å². The molecule has 0 spiro atoms. The Morgan fingerprint density at radius 3 is 2.55 bits per heavy atom. The number of methoxy groups -OCH3 is 1. The molecule has 106 valence electrons. The fraction of sp³-hybridized carbons (Fsp3) is 0.200. The summed E-state index contributed by atoms with van der Waals surface area (Å²) in [5, 5.41) is 0. The van der Waals surface area contributed by atoms with Gasteiger partial charge in [0.05, 0.1) is 13.0 Å². The van der Waals surface area contributed by atoms with Gasteiger partial charge >= 0.3 is 0 Å². The quantitative estimate of drug-likeness (QED) is 0.706. The van der Waals surface area contributed by atoms with Crippen LogP contribution in [-0.4, -0.2) is 7.11 Å². The van der Waals surface area contributed by atoms with Crippen LogP contribution in [0.1, 0.15) is 11.1 Å². The molecule has 20 heavy (non-hydrogen) atoms. The van der Waals surface area contributed by atoms with Gasteiger partial charge in [0.25, 0.3) is 0 Å². The SMILES string of the molecule is COc1ccc(COc2ccc(Br)cc2CCl)cc1F.